The van der Waals surface area contributed by atoms with Crippen molar-refractivity contribution in [2.75, 3.05) is 13.2 Å². The van der Waals surface area contributed by atoms with E-state index >= 15 is 0 Å². The van der Waals surface area contributed by atoms with E-state index in [9.17, 15) is 0 Å². The first-order valence-corrected chi connectivity index (χ1v) is 6.91. The minimum Gasteiger partial charge on any atom is -0.381 e. The molecular formula is C12H12BrNOS. The Kier molecular flexibility index (Phi) is 4.28. The molecule has 0 amide bonds. The van der Waals surface area contributed by atoms with E-state index in [1.165, 1.54) is 0 Å². The van der Waals surface area contributed by atoms with Crippen LogP contribution in [0.2, 0.25) is 0 Å². The van der Waals surface area contributed by atoms with E-state index < -0.39 is 0 Å². The molecule has 1 aliphatic heterocycles. The summed E-state index contributed by atoms with van der Waals surface area (Å²) in [5.41, 5.74) is 0.755. The van der Waals surface area contributed by atoms with Crippen molar-refractivity contribution in [3.63, 3.8) is 0 Å². The summed E-state index contributed by atoms with van der Waals surface area (Å²) < 4.78 is 6.29. The van der Waals surface area contributed by atoms with E-state index in [0.29, 0.717) is 5.25 Å². The molecular weight excluding hydrogens is 286 g/mol. The van der Waals surface area contributed by atoms with Gasteiger partial charge in [-0.1, -0.05) is 15.9 Å². The summed E-state index contributed by atoms with van der Waals surface area (Å²) in [6, 6.07) is 8.13. The normalized spacial score (nSPS) is 17.0. The van der Waals surface area contributed by atoms with E-state index in [4.69, 9.17) is 10.00 Å². The van der Waals surface area contributed by atoms with Crippen molar-refractivity contribution in [3.05, 3.63) is 28.2 Å². The summed E-state index contributed by atoms with van der Waals surface area (Å²) in [6.07, 6.45) is 2.15. The molecule has 1 aliphatic rings. The zero-order valence-electron chi connectivity index (χ0n) is 8.78. The van der Waals surface area contributed by atoms with E-state index in [-0.39, 0.29) is 0 Å². The zero-order chi connectivity index (χ0) is 11.4. The van der Waals surface area contributed by atoms with Gasteiger partial charge in [0.25, 0.3) is 0 Å². The van der Waals surface area contributed by atoms with Crippen LogP contribution in [0.5, 0.6) is 0 Å². The average Bonchev–Trinajstić information content (AvgIpc) is 2.33. The third-order valence-corrected chi connectivity index (χ3v) is 4.43. The first-order chi connectivity index (χ1) is 7.79. The SMILES string of the molecule is N#Cc1cc(Br)ccc1SC1CCOCC1. The van der Waals surface area contributed by atoms with Gasteiger partial charge in [0, 0.05) is 27.8 Å². The Hall–Kier alpha value is -0.500. The van der Waals surface area contributed by atoms with Crippen molar-refractivity contribution in [1.29, 1.82) is 5.26 Å². The van der Waals surface area contributed by atoms with E-state index in [1.54, 1.807) is 11.8 Å². The number of hydrogen-bond acceptors (Lipinski definition) is 3. The number of nitriles is 1. The van der Waals surface area contributed by atoms with Crippen molar-refractivity contribution in [2.24, 2.45) is 0 Å². The quantitative estimate of drug-likeness (QED) is 0.836. The van der Waals surface area contributed by atoms with Gasteiger partial charge < -0.3 is 4.74 Å². The van der Waals surface area contributed by atoms with Gasteiger partial charge in [-0.15, -0.1) is 11.8 Å². The van der Waals surface area contributed by atoms with Gasteiger partial charge in [0.15, 0.2) is 0 Å². The average molecular weight is 298 g/mol. The highest BCUT2D eigenvalue weighted by Crippen LogP contribution is 2.32. The third-order valence-electron chi connectivity index (χ3n) is 2.52. The maximum absolute atomic E-state index is 9.06. The molecule has 0 bridgehead atoms. The van der Waals surface area contributed by atoms with Crippen molar-refractivity contribution < 1.29 is 4.74 Å². The number of thioether (sulfide) groups is 1. The van der Waals surface area contributed by atoms with Crippen molar-refractivity contribution in [1.82, 2.24) is 0 Å². The highest BCUT2D eigenvalue weighted by molar-refractivity contribution is 9.10. The molecule has 0 unspecified atom stereocenters. The Morgan fingerprint density at radius 1 is 1.38 bits per heavy atom. The van der Waals surface area contributed by atoms with Crippen LogP contribution in [0.3, 0.4) is 0 Å². The van der Waals surface area contributed by atoms with Gasteiger partial charge in [0.05, 0.1) is 5.56 Å². The maximum atomic E-state index is 9.06. The Morgan fingerprint density at radius 2 is 2.12 bits per heavy atom. The van der Waals surface area contributed by atoms with Gasteiger partial charge in [-0.2, -0.15) is 5.26 Å². The van der Waals surface area contributed by atoms with Crippen molar-refractivity contribution in [3.8, 4) is 6.07 Å². The number of benzene rings is 1. The summed E-state index contributed by atoms with van der Waals surface area (Å²) in [5, 5.41) is 9.65. The van der Waals surface area contributed by atoms with E-state index in [1.807, 2.05) is 18.2 Å². The van der Waals surface area contributed by atoms with Crippen LogP contribution in [0.15, 0.2) is 27.6 Å². The Bertz CT molecular complexity index is 410. The van der Waals surface area contributed by atoms with Gasteiger partial charge in [-0.25, -0.2) is 0 Å². The monoisotopic (exact) mass is 297 g/mol. The molecule has 0 saturated carbocycles. The fraction of sp³-hybridized carbons (Fsp3) is 0.417. The molecule has 84 valence electrons. The summed E-state index contributed by atoms with van der Waals surface area (Å²) in [6.45, 7) is 1.69. The Labute approximate surface area is 108 Å². The fourth-order valence-electron chi connectivity index (χ4n) is 1.67. The smallest absolute Gasteiger partial charge is 0.100 e. The molecule has 4 heteroatoms. The second kappa shape index (κ2) is 5.72. The lowest BCUT2D eigenvalue weighted by Crippen LogP contribution is -2.17. The lowest BCUT2D eigenvalue weighted by atomic mass is 10.2. The van der Waals surface area contributed by atoms with Crippen LogP contribution in [0, 0.1) is 11.3 Å². The van der Waals surface area contributed by atoms with Crippen molar-refractivity contribution >= 4 is 27.7 Å². The molecule has 2 rings (SSSR count). The molecule has 1 aromatic carbocycles. The first-order valence-electron chi connectivity index (χ1n) is 5.23. The van der Waals surface area contributed by atoms with Gasteiger partial charge in [0.1, 0.15) is 6.07 Å². The van der Waals surface area contributed by atoms with Crippen LogP contribution in [0.25, 0.3) is 0 Å². The number of nitrogens with zero attached hydrogens (tertiary/aromatic N) is 1. The minimum atomic E-state index is 0.585. The van der Waals surface area contributed by atoms with Gasteiger partial charge in [-0.05, 0) is 31.0 Å². The molecule has 1 saturated heterocycles. The topological polar surface area (TPSA) is 33.0 Å². The van der Waals surface area contributed by atoms with E-state index in [2.05, 4.69) is 22.0 Å². The largest absolute Gasteiger partial charge is 0.381 e. The molecule has 0 atom stereocenters. The van der Waals surface area contributed by atoms with Crippen LogP contribution in [0.1, 0.15) is 18.4 Å². The highest BCUT2D eigenvalue weighted by atomic mass is 79.9. The Balaban J connectivity index is 2.11. The molecule has 1 fully saturated rings. The van der Waals surface area contributed by atoms with Crippen LogP contribution in [-0.4, -0.2) is 18.5 Å². The number of rotatable bonds is 2. The molecule has 0 spiro atoms. The Morgan fingerprint density at radius 3 is 2.81 bits per heavy atom. The molecule has 0 aliphatic carbocycles. The van der Waals surface area contributed by atoms with E-state index in [0.717, 1.165) is 41.0 Å². The molecule has 1 aromatic rings. The third kappa shape index (κ3) is 3.00. The molecule has 16 heavy (non-hydrogen) atoms. The minimum absolute atomic E-state index is 0.585. The second-order valence-electron chi connectivity index (χ2n) is 3.68. The second-order valence-corrected chi connectivity index (χ2v) is 5.94. The highest BCUT2D eigenvalue weighted by Gasteiger charge is 2.16. The lowest BCUT2D eigenvalue weighted by Gasteiger charge is -2.21. The van der Waals surface area contributed by atoms with Crippen molar-refractivity contribution in [2.45, 2.75) is 23.0 Å². The van der Waals surface area contributed by atoms with Crippen LogP contribution >= 0.6 is 27.7 Å². The summed E-state index contributed by atoms with van der Waals surface area (Å²) in [4.78, 5) is 1.08. The van der Waals surface area contributed by atoms with Gasteiger partial charge >= 0.3 is 0 Å². The molecule has 0 aromatic heterocycles. The predicted octanol–water partition coefficient (Wildman–Crippen LogP) is 3.59. The fourth-order valence-corrected chi connectivity index (χ4v) is 3.19. The van der Waals surface area contributed by atoms with Gasteiger partial charge in [-0.3, -0.25) is 0 Å². The number of ether oxygens (including phenoxy) is 1. The van der Waals surface area contributed by atoms with Crippen LogP contribution < -0.4 is 0 Å². The maximum Gasteiger partial charge on any atom is 0.100 e. The predicted molar refractivity (Wildman–Crippen MR) is 68.6 cm³/mol. The summed E-state index contributed by atoms with van der Waals surface area (Å²) >= 11 is 5.18. The molecule has 0 radical (unpaired) electrons. The molecule has 1 heterocycles. The summed E-state index contributed by atoms with van der Waals surface area (Å²) in [7, 11) is 0. The standard InChI is InChI=1S/C12H12BrNOS/c13-10-1-2-12(9(7-10)8-14)16-11-3-5-15-6-4-11/h1-2,7,11H,3-6H2. The van der Waals surface area contributed by atoms with Gasteiger partial charge in [0.2, 0.25) is 0 Å². The number of halogens is 1. The first kappa shape index (κ1) is 12.0. The molecule has 0 N–H and O–H groups in total. The lowest BCUT2D eigenvalue weighted by molar-refractivity contribution is 0.100. The van der Waals surface area contributed by atoms with Crippen LogP contribution in [-0.2, 0) is 4.74 Å². The number of hydrogen-bond donors (Lipinski definition) is 0. The van der Waals surface area contributed by atoms with Crippen LogP contribution in [0.4, 0.5) is 0 Å². The molecule has 2 nitrogen and oxygen atoms in total. The zero-order valence-corrected chi connectivity index (χ0v) is 11.2. The summed E-state index contributed by atoms with van der Waals surface area (Å²) in [5.74, 6) is 0.